The molecule has 0 saturated heterocycles. The lowest BCUT2D eigenvalue weighted by Gasteiger charge is -2.16. The van der Waals surface area contributed by atoms with Crippen LogP contribution in [0.3, 0.4) is 0 Å². The quantitative estimate of drug-likeness (QED) is 0.182. The number of nitrogens with zero attached hydrogens (tertiary/aromatic N) is 5. The van der Waals surface area contributed by atoms with Crippen LogP contribution in [-0.2, 0) is 0 Å². The highest BCUT2D eigenvalue weighted by Crippen LogP contribution is 2.41. The minimum atomic E-state index is 0.600. The fourth-order valence-electron chi connectivity index (χ4n) is 9.12. The van der Waals surface area contributed by atoms with E-state index in [1.54, 1.807) is 0 Å². The fourth-order valence-corrected chi connectivity index (χ4v) is 9.12. The van der Waals surface area contributed by atoms with E-state index >= 15 is 0 Å². The minimum absolute atomic E-state index is 0.600. The smallest absolute Gasteiger partial charge is 0.101 e. The van der Waals surface area contributed by atoms with Crippen molar-refractivity contribution in [2.45, 2.75) is 6.92 Å². The monoisotopic (exact) mass is 713 g/mol. The predicted molar refractivity (Wildman–Crippen MR) is 229 cm³/mol. The molecule has 260 valence electrons. The van der Waals surface area contributed by atoms with Gasteiger partial charge in [-0.3, -0.25) is 0 Å². The average Bonchev–Trinajstić information content (AvgIpc) is 3.90. The summed E-state index contributed by atoms with van der Waals surface area (Å²) in [6, 6.07) is 64.2. The highest BCUT2D eigenvalue weighted by molar-refractivity contribution is 6.16. The maximum atomic E-state index is 10.7. The summed E-state index contributed by atoms with van der Waals surface area (Å²) in [6.07, 6.45) is 0. The number of aromatic nitrogens is 3. The van der Waals surface area contributed by atoms with E-state index < -0.39 is 0 Å². The maximum Gasteiger partial charge on any atom is 0.101 e. The van der Waals surface area contributed by atoms with Crippen LogP contribution >= 0.6 is 0 Å². The van der Waals surface area contributed by atoms with Crippen LogP contribution in [0.4, 0.5) is 0 Å². The fraction of sp³-hybridized carbons (Fsp3) is 0.0196. The Morgan fingerprint density at radius 2 is 0.946 bits per heavy atom. The summed E-state index contributed by atoms with van der Waals surface area (Å²) in [6.45, 7) is 2.01. The molecule has 0 spiro atoms. The van der Waals surface area contributed by atoms with Crippen LogP contribution in [0.25, 0.3) is 93.6 Å². The van der Waals surface area contributed by atoms with Crippen molar-refractivity contribution in [3.05, 3.63) is 187 Å². The van der Waals surface area contributed by atoms with Crippen molar-refractivity contribution >= 4 is 65.4 Å². The van der Waals surface area contributed by atoms with Gasteiger partial charge in [0.1, 0.15) is 12.1 Å². The van der Waals surface area contributed by atoms with Gasteiger partial charge in [0.2, 0.25) is 0 Å². The third-order valence-corrected chi connectivity index (χ3v) is 11.5. The maximum absolute atomic E-state index is 10.7. The second-order valence-electron chi connectivity index (χ2n) is 14.4. The first-order chi connectivity index (χ1) is 27.7. The Hall–Kier alpha value is -7.86. The van der Waals surface area contributed by atoms with Gasteiger partial charge in [-0.2, -0.15) is 10.5 Å². The molecule has 5 nitrogen and oxygen atoms in total. The number of benzene rings is 8. The Balaban J connectivity index is 1.07. The number of para-hydroxylation sites is 5. The van der Waals surface area contributed by atoms with Gasteiger partial charge in [-0.15, -0.1) is 0 Å². The SMILES string of the molecule is Cc1c(-n2c3ccccc3c3cccc(C#N)c32)ccc(-c2ccc(-n3c4ccccc4c4c(-n5c6ccccc6c6ccccc65)cccc43)cc2)c1C#N. The van der Waals surface area contributed by atoms with Gasteiger partial charge in [0.25, 0.3) is 0 Å². The van der Waals surface area contributed by atoms with Crippen molar-refractivity contribution in [2.24, 2.45) is 0 Å². The summed E-state index contributed by atoms with van der Waals surface area (Å²) in [4.78, 5) is 0. The topological polar surface area (TPSA) is 62.4 Å². The van der Waals surface area contributed by atoms with Crippen molar-refractivity contribution in [3.63, 3.8) is 0 Å². The van der Waals surface area contributed by atoms with Crippen LogP contribution < -0.4 is 0 Å². The Morgan fingerprint density at radius 1 is 0.411 bits per heavy atom. The van der Waals surface area contributed by atoms with Gasteiger partial charge in [-0.1, -0.05) is 109 Å². The van der Waals surface area contributed by atoms with Crippen LogP contribution in [0.1, 0.15) is 16.7 Å². The van der Waals surface area contributed by atoms with Crippen LogP contribution in [0.15, 0.2) is 170 Å². The van der Waals surface area contributed by atoms with Crippen molar-refractivity contribution in [3.8, 4) is 40.3 Å². The number of rotatable bonds is 4. The Kier molecular flexibility index (Phi) is 6.83. The Labute approximate surface area is 322 Å². The second-order valence-corrected chi connectivity index (χ2v) is 14.4. The first-order valence-electron chi connectivity index (χ1n) is 18.7. The molecule has 0 amide bonds. The van der Waals surface area contributed by atoms with Crippen LogP contribution in [-0.4, -0.2) is 13.7 Å². The van der Waals surface area contributed by atoms with Gasteiger partial charge in [0, 0.05) is 38.0 Å². The molecule has 0 saturated carbocycles. The number of hydrogen-bond donors (Lipinski definition) is 0. The van der Waals surface area contributed by atoms with E-state index in [4.69, 9.17) is 0 Å². The summed E-state index contributed by atoms with van der Waals surface area (Å²) in [5.41, 5.74) is 13.5. The summed E-state index contributed by atoms with van der Waals surface area (Å²) in [7, 11) is 0. The van der Waals surface area contributed by atoms with Gasteiger partial charge in [-0.05, 0) is 84.3 Å². The first-order valence-corrected chi connectivity index (χ1v) is 18.7. The molecule has 0 fully saturated rings. The third kappa shape index (κ3) is 4.34. The summed E-state index contributed by atoms with van der Waals surface area (Å²) in [5, 5.41) is 27.7. The van der Waals surface area contributed by atoms with Gasteiger partial charge in [0.15, 0.2) is 0 Å². The largest absolute Gasteiger partial charge is 0.309 e. The number of nitriles is 2. The van der Waals surface area contributed by atoms with Crippen LogP contribution in [0.2, 0.25) is 0 Å². The molecule has 5 heteroatoms. The molecular formula is C51H31N5. The van der Waals surface area contributed by atoms with Gasteiger partial charge in [-0.25, -0.2) is 0 Å². The molecule has 56 heavy (non-hydrogen) atoms. The molecule has 0 radical (unpaired) electrons. The standard InChI is InChI=1S/C51H31N5/c1-32-42(31-53)36(28-29-43(32)56-46-20-8-4-15-39(46)40-17-10-12-34(30-52)51(40)56)33-24-26-35(27-25-33)54-47-21-9-5-16-41(47)50-48(54)22-11-23-49(50)55-44-18-6-2-13-37(44)38-14-3-7-19-45(38)55/h2-29H,1H3. The van der Waals surface area contributed by atoms with Crippen molar-refractivity contribution in [1.82, 2.24) is 13.7 Å². The number of hydrogen-bond acceptors (Lipinski definition) is 2. The summed E-state index contributed by atoms with van der Waals surface area (Å²) < 4.78 is 6.89. The van der Waals surface area contributed by atoms with Gasteiger partial charge < -0.3 is 13.7 Å². The van der Waals surface area contributed by atoms with E-state index in [9.17, 15) is 10.5 Å². The minimum Gasteiger partial charge on any atom is -0.309 e. The zero-order valence-corrected chi connectivity index (χ0v) is 30.4. The zero-order valence-electron chi connectivity index (χ0n) is 30.4. The summed E-state index contributed by atoms with van der Waals surface area (Å²) >= 11 is 0. The van der Waals surface area contributed by atoms with E-state index in [-0.39, 0.29) is 0 Å². The van der Waals surface area contributed by atoms with E-state index in [1.165, 1.54) is 32.6 Å². The Bertz CT molecular complexity index is 3450. The molecule has 3 heterocycles. The number of fused-ring (bicyclic) bond motifs is 9. The molecular weight excluding hydrogens is 683 g/mol. The molecule has 0 aliphatic carbocycles. The molecule has 0 atom stereocenters. The van der Waals surface area contributed by atoms with Crippen LogP contribution in [0, 0.1) is 29.6 Å². The lowest BCUT2D eigenvalue weighted by atomic mass is 9.95. The second kappa shape index (κ2) is 12.1. The molecule has 0 unspecified atom stereocenters. The van der Waals surface area contributed by atoms with E-state index in [0.717, 1.165) is 66.6 Å². The van der Waals surface area contributed by atoms with E-state index in [1.807, 2.05) is 37.3 Å². The molecule has 0 bridgehead atoms. The van der Waals surface area contributed by atoms with E-state index in [2.05, 4.69) is 165 Å². The predicted octanol–water partition coefficient (Wildman–Crippen LogP) is 12.7. The highest BCUT2D eigenvalue weighted by Gasteiger charge is 2.21. The van der Waals surface area contributed by atoms with Gasteiger partial charge >= 0.3 is 0 Å². The molecule has 0 aliphatic heterocycles. The molecule has 3 aromatic heterocycles. The van der Waals surface area contributed by atoms with Crippen molar-refractivity contribution < 1.29 is 0 Å². The molecule has 8 aromatic carbocycles. The van der Waals surface area contributed by atoms with Crippen LogP contribution in [0.5, 0.6) is 0 Å². The Morgan fingerprint density at radius 3 is 1.59 bits per heavy atom. The zero-order chi connectivity index (χ0) is 37.5. The molecule has 0 aliphatic rings. The molecule has 11 aromatic rings. The van der Waals surface area contributed by atoms with Crippen molar-refractivity contribution in [1.29, 1.82) is 10.5 Å². The lowest BCUT2D eigenvalue weighted by molar-refractivity contribution is 1.14. The average molecular weight is 714 g/mol. The van der Waals surface area contributed by atoms with Crippen molar-refractivity contribution in [2.75, 3.05) is 0 Å². The third-order valence-electron chi connectivity index (χ3n) is 11.5. The van der Waals surface area contributed by atoms with E-state index in [0.29, 0.717) is 11.1 Å². The first kappa shape index (κ1) is 31.6. The molecule has 11 rings (SSSR count). The van der Waals surface area contributed by atoms with Gasteiger partial charge in [0.05, 0.1) is 55.6 Å². The lowest BCUT2D eigenvalue weighted by Crippen LogP contribution is -2.02. The normalized spacial score (nSPS) is 11.6. The highest BCUT2D eigenvalue weighted by atomic mass is 15.0. The summed E-state index contributed by atoms with van der Waals surface area (Å²) in [5.74, 6) is 0. The molecule has 0 N–H and O–H groups in total.